The normalized spacial score (nSPS) is 11.4. The third-order valence-electron chi connectivity index (χ3n) is 5.23. The van der Waals surface area contributed by atoms with E-state index in [-0.39, 0.29) is 5.82 Å². The Morgan fingerprint density at radius 1 is 0.742 bits per heavy atom. The fraction of sp³-hybridized carbons (Fsp3) is 0. The van der Waals surface area contributed by atoms with Crippen LogP contribution in [0.15, 0.2) is 73.6 Å². The Balaban J connectivity index is 1.51. The molecule has 6 aromatic rings. The molecule has 0 aliphatic rings. The monoisotopic (exact) mass is 407 g/mol. The van der Waals surface area contributed by atoms with Crippen molar-refractivity contribution in [3.8, 4) is 33.9 Å². The molecule has 5 aromatic heterocycles. The molecule has 0 atom stereocenters. The highest BCUT2D eigenvalue weighted by Gasteiger charge is 2.15. The summed E-state index contributed by atoms with van der Waals surface area (Å²) in [5.74, 6) is -0.269. The van der Waals surface area contributed by atoms with Crippen LogP contribution < -0.4 is 0 Å². The molecule has 0 radical (unpaired) electrons. The zero-order chi connectivity index (χ0) is 20.8. The number of fused-ring (bicyclic) bond motifs is 2. The van der Waals surface area contributed by atoms with Gasteiger partial charge in [0, 0.05) is 34.9 Å². The van der Waals surface area contributed by atoms with Crippen molar-refractivity contribution >= 4 is 21.8 Å². The van der Waals surface area contributed by atoms with Crippen molar-refractivity contribution in [3.05, 3.63) is 79.4 Å². The average molecular weight is 407 g/mol. The van der Waals surface area contributed by atoms with Gasteiger partial charge in [0.05, 0.1) is 41.0 Å². The predicted molar refractivity (Wildman–Crippen MR) is 115 cm³/mol. The van der Waals surface area contributed by atoms with Gasteiger partial charge in [0.2, 0.25) is 0 Å². The van der Waals surface area contributed by atoms with E-state index in [0.717, 1.165) is 44.3 Å². The first-order valence-electron chi connectivity index (χ1n) is 9.60. The first-order chi connectivity index (χ1) is 15.3. The van der Waals surface area contributed by atoms with E-state index in [1.165, 1.54) is 12.1 Å². The molecule has 2 N–H and O–H groups in total. The zero-order valence-electron chi connectivity index (χ0n) is 16.0. The Hall–Kier alpha value is -4.46. The number of aromatic nitrogens is 7. The number of pyridine rings is 2. The minimum absolute atomic E-state index is 0.269. The summed E-state index contributed by atoms with van der Waals surface area (Å²) in [6, 6.07) is 10.4. The number of hydrogen-bond donors (Lipinski definition) is 2. The van der Waals surface area contributed by atoms with Gasteiger partial charge in [-0.15, -0.1) is 0 Å². The number of H-pyrrole nitrogens is 2. The second-order valence-electron chi connectivity index (χ2n) is 7.12. The fourth-order valence-corrected chi connectivity index (χ4v) is 3.73. The van der Waals surface area contributed by atoms with Gasteiger partial charge in [0.15, 0.2) is 0 Å². The third-order valence-corrected chi connectivity index (χ3v) is 5.23. The van der Waals surface area contributed by atoms with Crippen LogP contribution in [0.1, 0.15) is 0 Å². The van der Waals surface area contributed by atoms with E-state index in [2.05, 4.69) is 35.1 Å². The third kappa shape index (κ3) is 2.93. The second kappa shape index (κ2) is 6.81. The number of nitrogens with zero attached hydrogens (tertiary/aromatic N) is 5. The van der Waals surface area contributed by atoms with Crippen molar-refractivity contribution < 1.29 is 4.39 Å². The van der Waals surface area contributed by atoms with Crippen LogP contribution in [-0.2, 0) is 0 Å². The topological polar surface area (TPSA) is 96.0 Å². The van der Waals surface area contributed by atoms with Crippen LogP contribution in [0.5, 0.6) is 0 Å². The summed E-state index contributed by atoms with van der Waals surface area (Å²) < 4.78 is 13.4. The van der Waals surface area contributed by atoms with Gasteiger partial charge in [-0.3, -0.25) is 25.0 Å². The Bertz CT molecular complexity index is 1540. The molecule has 7 nitrogen and oxygen atoms in total. The quantitative estimate of drug-likeness (QED) is 0.441. The second-order valence-corrected chi connectivity index (χ2v) is 7.12. The molecule has 6 rings (SSSR count). The van der Waals surface area contributed by atoms with Crippen LogP contribution in [0.25, 0.3) is 55.7 Å². The van der Waals surface area contributed by atoms with Crippen LogP contribution in [0, 0.1) is 5.82 Å². The maximum absolute atomic E-state index is 13.4. The van der Waals surface area contributed by atoms with Gasteiger partial charge >= 0.3 is 0 Å². The number of hydrogen-bond acceptors (Lipinski definition) is 5. The molecular formula is C23H14FN7. The Labute approximate surface area is 175 Å². The van der Waals surface area contributed by atoms with E-state index in [0.29, 0.717) is 11.4 Å². The molecule has 148 valence electrons. The summed E-state index contributed by atoms with van der Waals surface area (Å²) in [7, 11) is 0. The lowest BCUT2D eigenvalue weighted by molar-refractivity contribution is 0.628. The molecule has 0 aliphatic carbocycles. The van der Waals surface area contributed by atoms with Gasteiger partial charge in [-0.2, -0.15) is 5.10 Å². The fourth-order valence-electron chi connectivity index (χ4n) is 3.73. The maximum atomic E-state index is 13.4. The smallest absolute Gasteiger partial charge is 0.123 e. The molecule has 8 heteroatoms. The van der Waals surface area contributed by atoms with Crippen LogP contribution in [0.3, 0.4) is 0 Å². The summed E-state index contributed by atoms with van der Waals surface area (Å²) in [6.45, 7) is 0. The molecule has 0 fully saturated rings. The van der Waals surface area contributed by atoms with Gasteiger partial charge in [-0.25, -0.2) is 4.39 Å². The minimum Gasteiger partial charge on any atom is -0.352 e. The summed E-state index contributed by atoms with van der Waals surface area (Å²) in [6.07, 6.45) is 10.2. The van der Waals surface area contributed by atoms with Crippen molar-refractivity contribution in [2.75, 3.05) is 0 Å². The summed E-state index contributed by atoms with van der Waals surface area (Å²) in [4.78, 5) is 20.7. The van der Waals surface area contributed by atoms with Gasteiger partial charge < -0.3 is 4.98 Å². The van der Waals surface area contributed by atoms with Gasteiger partial charge in [-0.05, 0) is 29.8 Å². The molecule has 0 saturated heterocycles. The Morgan fingerprint density at radius 2 is 1.65 bits per heavy atom. The summed E-state index contributed by atoms with van der Waals surface area (Å²) in [5, 5.41) is 9.44. The van der Waals surface area contributed by atoms with E-state index in [1.807, 2.05) is 12.1 Å². The molecule has 1 aromatic carbocycles. The van der Waals surface area contributed by atoms with E-state index < -0.39 is 0 Å². The lowest BCUT2D eigenvalue weighted by atomic mass is 10.0. The first kappa shape index (κ1) is 17.4. The lowest BCUT2D eigenvalue weighted by Gasteiger charge is -2.02. The summed E-state index contributed by atoms with van der Waals surface area (Å²) >= 11 is 0. The van der Waals surface area contributed by atoms with Crippen molar-refractivity contribution in [1.29, 1.82) is 0 Å². The number of benzene rings is 1. The molecule has 0 amide bonds. The highest BCUT2D eigenvalue weighted by atomic mass is 19.1. The lowest BCUT2D eigenvalue weighted by Crippen LogP contribution is -1.88. The van der Waals surface area contributed by atoms with Gasteiger partial charge in [0.1, 0.15) is 17.2 Å². The molecule has 31 heavy (non-hydrogen) atoms. The highest BCUT2D eigenvalue weighted by molar-refractivity contribution is 6.00. The number of rotatable bonds is 3. The summed E-state index contributed by atoms with van der Waals surface area (Å²) in [5.41, 5.74) is 6.52. The largest absolute Gasteiger partial charge is 0.352 e. The molecule has 0 unspecified atom stereocenters. The minimum atomic E-state index is -0.269. The highest BCUT2D eigenvalue weighted by Crippen LogP contribution is 2.34. The molecule has 0 bridgehead atoms. The molecule has 0 spiro atoms. The molecule has 0 aliphatic heterocycles. The standard InChI is InChI=1S/C23H14FN7/c24-14-3-1-13(2-4-14)17-9-26-10-20-15(17)7-19(29-20)23-16-8-18(22-11-25-5-6-27-22)28-12-21(16)30-31-23/h1-12,29H,(H,30,31). The maximum Gasteiger partial charge on any atom is 0.123 e. The van der Waals surface area contributed by atoms with Crippen LogP contribution >= 0.6 is 0 Å². The van der Waals surface area contributed by atoms with Crippen molar-refractivity contribution in [2.45, 2.75) is 0 Å². The molecule has 5 heterocycles. The Kier molecular flexibility index (Phi) is 3.82. The van der Waals surface area contributed by atoms with E-state index in [9.17, 15) is 4.39 Å². The molecular weight excluding hydrogens is 393 g/mol. The number of aromatic amines is 2. The van der Waals surface area contributed by atoms with E-state index in [1.54, 1.807) is 49.3 Å². The Morgan fingerprint density at radius 3 is 2.48 bits per heavy atom. The van der Waals surface area contributed by atoms with Gasteiger partial charge in [-0.1, -0.05) is 12.1 Å². The number of nitrogens with one attached hydrogen (secondary N) is 2. The van der Waals surface area contributed by atoms with Gasteiger partial charge in [0.25, 0.3) is 0 Å². The van der Waals surface area contributed by atoms with Crippen molar-refractivity contribution in [1.82, 2.24) is 35.1 Å². The van der Waals surface area contributed by atoms with E-state index >= 15 is 0 Å². The predicted octanol–water partition coefficient (Wildman–Crippen LogP) is 4.76. The van der Waals surface area contributed by atoms with Crippen LogP contribution in [0.2, 0.25) is 0 Å². The van der Waals surface area contributed by atoms with Crippen molar-refractivity contribution in [3.63, 3.8) is 0 Å². The van der Waals surface area contributed by atoms with Crippen LogP contribution in [-0.4, -0.2) is 35.1 Å². The average Bonchev–Trinajstić information content (AvgIpc) is 3.43. The van der Waals surface area contributed by atoms with Crippen LogP contribution in [0.4, 0.5) is 4.39 Å². The first-order valence-corrected chi connectivity index (χ1v) is 9.60. The zero-order valence-corrected chi connectivity index (χ0v) is 16.0. The SMILES string of the molecule is Fc1ccc(-c2cncc3[nH]c(-c4n[nH]c5cnc(-c6cnccn6)cc45)cc23)cc1. The van der Waals surface area contributed by atoms with Crippen molar-refractivity contribution in [2.24, 2.45) is 0 Å². The van der Waals surface area contributed by atoms with E-state index in [4.69, 9.17) is 0 Å². The number of halogens is 1. The molecule has 0 saturated carbocycles.